The van der Waals surface area contributed by atoms with E-state index in [2.05, 4.69) is 4.98 Å². The van der Waals surface area contributed by atoms with Crippen molar-refractivity contribution in [3.05, 3.63) is 99.5 Å². The van der Waals surface area contributed by atoms with Gasteiger partial charge >= 0.3 is 0 Å². The van der Waals surface area contributed by atoms with Gasteiger partial charge in [0.15, 0.2) is 5.43 Å². The third-order valence-corrected chi connectivity index (χ3v) is 6.10. The molecule has 4 aromatic rings. The zero-order chi connectivity index (χ0) is 20.8. The predicted molar refractivity (Wildman–Crippen MR) is 118 cm³/mol. The molecular formula is C24H18N2O3S. The zero-order valence-corrected chi connectivity index (χ0v) is 17.3. The summed E-state index contributed by atoms with van der Waals surface area (Å²) in [4.78, 5) is 34.0. The second kappa shape index (κ2) is 7.15. The molecule has 0 spiro atoms. The number of carbonyl (C=O) groups is 1. The molecule has 0 saturated carbocycles. The fourth-order valence-electron chi connectivity index (χ4n) is 3.92. The van der Waals surface area contributed by atoms with E-state index in [-0.39, 0.29) is 17.1 Å². The van der Waals surface area contributed by atoms with Crippen LogP contribution in [0.5, 0.6) is 0 Å². The van der Waals surface area contributed by atoms with E-state index in [1.54, 1.807) is 41.1 Å². The molecule has 148 valence electrons. The number of amides is 1. The van der Waals surface area contributed by atoms with Gasteiger partial charge in [0.2, 0.25) is 5.76 Å². The van der Waals surface area contributed by atoms with Crippen molar-refractivity contribution in [2.24, 2.45) is 0 Å². The minimum absolute atomic E-state index is 0.0842. The molecule has 5 rings (SSSR count). The first kappa shape index (κ1) is 18.6. The van der Waals surface area contributed by atoms with Crippen molar-refractivity contribution in [3.63, 3.8) is 0 Å². The van der Waals surface area contributed by atoms with E-state index in [1.807, 2.05) is 55.6 Å². The van der Waals surface area contributed by atoms with Gasteiger partial charge < -0.3 is 4.42 Å². The largest absolute Gasteiger partial charge is 0.450 e. The number of nitrogens with zero attached hydrogens (tertiary/aromatic N) is 2. The van der Waals surface area contributed by atoms with E-state index in [0.717, 1.165) is 16.0 Å². The molecule has 0 N–H and O–H groups in total. The fourth-order valence-corrected chi connectivity index (χ4v) is 4.33. The van der Waals surface area contributed by atoms with Crippen LogP contribution in [0.3, 0.4) is 0 Å². The lowest BCUT2D eigenvalue weighted by Gasteiger charge is -2.24. The third kappa shape index (κ3) is 2.83. The molecule has 30 heavy (non-hydrogen) atoms. The van der Waals surface area contributed by atoms with Crippen molar-refractivity contribution in [2.45, 2.75) is 17.9 Å². The quantitative estimate of drug-likeness (QED) is 0.443. The van der Waals surface area contributed by atoms with E-state index in [0.29, 0.717) is 22.4 Å². The molecule has 1 atom stereocenters. The molecule has 0 fully saturated rings. The second-order valence-corrected chi connectivity index (χ2v) is 8.09. The van der Waals surface area contributed by atoms with Crippen LogP contribution < -0.4 is 10.3 Å². The van der Waals surface area contributed by atoms with Crippen molar-refractivity contribution in [3.8, 4) is 0 Å². The lowest BCUT2D eigenvalue weighted by Crippen LogP contribution is -2.30. The monoisotopic (exact) mass is 414 g/mol. The summed E-state index contributed by atoms with van der Waals surface area (Å²) in [5.74, 6) is 0.204. The van der Waals surface area contributed by atoms with Crippen LogP contribution in [0, 0.1) is 6.92 Å². The summed E-state index contributed by atoms with van der Waals surface area (Å²) in [6, 6.07) is 18.1. The molecule has 0 saturated heterocycles. The molecular weight excluding hydrogens is 396 g/mol. The number of hydrogen-bond donors (Lipinski definition) is 0. The standard InChI is InChI=1S/C24H18N2O3S/c1-14-6-11-18-17(13-14)22(27)20-21(15-7-9-16(30-2)10-8-15)26(24(28)23(20)29-18)19-5-3-4-12-25-19/h3-13,21H,1-2H3/t21-/m1/s1. The number of hydrogen-bond acceptors (Lipinski definition) is 5. The lowest BCUT2D eigenvalue weighted by molar-refractivity contribution is 0.0970. The van der Waals surface area contributed by atoms with Gasteiger partial charge in [0.05, 0.1) is 17.0 Å². The van der Waals surface area contributed by atoms with Crippen LogP contribution in [0.25, 0.3) is 11.0 Å². The van der Waals surface area contributed by atoms with Gasteiger partial charge in [0.25, 0.3) is 5.91 Å². The first-order chi connectivity index (χ1) is 14.6. The normalized spacial score (nSPS) is 15.6. The van der Waals surface area contributed by atoms with Crippen molar-refractivity contribution >= 4 is 34.5 Å². The Bertz CT molecular complexity index is 1330. The highest BCUT2D eigenvalue weighted by Gasteiger charge is 2.44. The Morgan fingerprint density at radius 1 is 1.03 bits per heavy atom. The number of thioether (sulfide) groups is 1. The summed E-state index contributed by atoms with van der Waals surface area (Å²) in [7, 11) is 0. The summed E-state index contributed by atoms with van der Waals surface area (Å²) >= 11 is 1.64. The van der Waals surface area contributed by atoms with E-state index in [9.17, 15) is 9.59 Å². The Morgan fingerprint density at radius 2 is 1.83 bits per heavy atom. The minimum Gasteiger partial charge on any atom is -0.450 e. The average molecular weight is 414 g/mol. The SMILES string of the molecule is CSc1ccc([C@@H]2c3c(oc4ccc(C)cc4c3=O)C(=O)N2c2ccccn2)cc1. The van der Waals surface area contributed by atoms with Crippen LogP contribution in [-0.2, 0) is 0 Å². The molecule has 2 aromatic heterocycles. The fraction of sp³-hybridized carbons (Fsp3) is 0.125. The molecule has 5 nitrogen and oxygen atoms in total. The molecule has 0 aliphatic carbocycles. The first-order valence-electron chi connectivity index (χ1n) is 9.54. The number of rotatable bonds is 3. The summed E-state index contributed by atoms with van der Waals surface area (Å²) in [6.07, 6.45) is 3.64. The van der Waals surface area contributed by atoms with Crippen molar-refractivity contribution in [1.82, 2.24) is 4.98 Å². The summed E-state index contributed by atoms with van der Waals surface area (Å²) in [5.41, 5.74) is 2.39. The van der Waals surface area contributed by atoms with Gasteiger partial charge in [-0.1, -0.05) is 29.8 Å². The second-order valence-electron chi connectivity index (χ2n) is 7.21. The smallest absolute Gasteiger partial charge is 0.296 e. The van der Waals surface area contributed by atoms with E-state index >= 15 is 0 Å². The number of aryl methyl sites for hydroxylation is 1. The molecule has 0 bridgehead atoms. The Hall–Kier alpha value is -3.38. The van der Waals surface area contributed by atoms with Crippen LogP contribution in [0.4, 0.5) is 5.82 Å². The van der Waals surface area contributed by atoms with E-state index in [1.165, 1.54) is 0 Å². The predicted octanol–water partition coefficient (Wildman–Crippen LogP) is 4.97. The number of fused-ring (bicyclic) bond motifs is 2. The van der Waals surface area contributed by atoms with Crippen molar-refractivity contribution < 1.29 is 9.21 Å². The van der Waals surface area contributed by atoms with Gasteiger partial charge in [-0.25, -0.2) is 4.98 Å². The zero-order valence-electron chi connectivity index (χ0n) is 16.5. The molecule has 0 unspecified atom stereocenters. The van der Waals surface area contributed by atoms with Gasteiger partial charge in [0.1, 0.15) is 11.4 Å². The molecule has 2 aromatic carbocycles. The van der Waals surface area contributed by atoms with Gasteiger partial charge in [-0.05, 0) is 55.1 Å². The molecule has 1 amide bonds. The maximum Gasteiger partial charge on any atom is 0.296 e. The Balaban J connectivity index is 1.80. The lowest BCUT2D eigenvalue weighted by atomic mass is 9.98. The van der Waals surface area contributed by atoms with Crippen molar-refractivity contribution in [1.29, 1.82) is 0 Å². The maximum atomic E-state index is 13.5. The van der Waals surface area contributed by atoms with Crippen LogP contribution in [-0.4, -0.2) is 17.1 Å². The number of pyridine rings is 1. The Morgan fingerprint density at radius 3 is 2.53 bits per heavy atom. The Kier molecular flexibility index (Phi) is 4.44. The van der Waals surface area contributed by atoms with Crippen LogP contribution >= 0.6 is 11.8 Å². The molecule has 1 aliphatic heterocycles. The van der Waals surface area contributed by atoms with Gasteiger partial charge in [-0.15, -0.1) is 11.8 Å². The summed E-state index contributed by atoms with van der Waals surface area (Å²) in [5, 5.41) is 0.482. The maximum absolute atomic E-state index is 13.5. The van der Waals surface area contributed by atoms with Gasteiger partial charge in [-0.2, -0.15) is 0 Å². The van der Waals surface area contributed by atoms with Gasteiger partial charge in [-0.3, -0.25) is 14.5 Å². The third-order valence-electron chi connectivity index (χ3n) is 5.35. The number of aromatic nitrogens is 1. The summed E-state index contributed by atoms with van der Waals surface area (Å²) in [6.45, 7) is 1.93. The molecule has 6 heteroatoms. The minimum atomic E-state index is -0.598. The van der Waals surface area contributed by atoms with Crippen LogP contribution in [0.2, 0.25) is 0 Å². The summed E-state index contributed by atoms with van der Waals surface area (Å²) < 4.78 is 5.98. The van der Waals surface area contributed by atoms with Crippen LogP contribution in [0.15, 0.2) is 81.0 Å². The highest BCUT2D eigenvalue weighted by molar-refractivity contribution is 7.98. The first-order valence-corrected chi connectivity index (χ1v) is 10.8. The van der Waals surface area contributed by atoms with Crippen LogP contribution in [0.1, 0.15) is 33.3 Å². The van der Waals surface area contributed by atoms with Gasteiger partial charge in [0, 0.05) is 11.1 Å². The van der Waals surface area contributed by atoms with Crippen molar-refractivity contribution in [2.75, 3.05) is 11.2 Å². The molecule has 1 aliphatic rings. The highest BCUT2D eigenvalue weighted by Crippen LogP contribution is 2.40. The molecule has 0 radical (unpaired) electrons. The number of anilines is 1. The topological polar surface area (TPSA) is 63.4 Å². The highest BCUT2D eigenvalue weighted by atomic mass is 32.2. The average Bonchev–Trinajstić information content (AvgIpc) is 3.07. The van der Waals surface area contributed by atoms with E-state index in [4.69, 9.17) is 4.42 Å². The molecule has 3 heterocycles. The van der Waals surface area contributed by atoms with E-state index < -0.39 is 6.04 Å². The number of benzene rings is 2. The Labute approximate surface area is 177 Å². The number of carbonyl (C=O) groups excluding carboxylic acids is 1.